The lowest BCUT2D eigenvalue weighted by Crippen LogP contribution is -2.34. The number of nitrogens with zero attached hydrogens (tertiary/aromatic N) is 1. The number of rotatable bonds is 4. The standard InChI is InChI=1S/C16H23FN2/c1-12-6-8-19(9-7-12)16-5-2-14(17)10-13(16)11-18-15-3-4-15/h2,5,10,12,15,18H,3-4,6-9,11H2,1H3. The monoisotopic (exact) mass is 262 g/mol. The number of piperidine rings is 1. The number of nitrogens with one attached hydrogen (secondary N) is 1. The van der Waals surface area contributed by atoms with Gasteiger partial charge in [-0.2, -0.15) is 0 Å². The van der Waals surface area contributed by atoms with Gasteiger partial charge in [-0.1, -0.05) is 6.92 Å². The van der Waals surface area contributed by atoms with Crippen LogP contribution in [0.4, 0.5) is 10.1 Å². The maximum Gasteiger partial charge on any atom is 0.123 e. The Kier molecular flexibility index (Phi) is 3.74. The van der Waals surface area contributed by atoms with Crippen LogP contribution in [0, 0.1) is 11.7 Å². The first-order chi connectivity index (χ1) is 9.22. The molecule has 3 heteroatoms. The molecule has 0 atom stereocenters. The van der Waals surface area contributed by atoms with E-state index < -0.39 is 0 Å². The summed E-state index contributed by atoms with van der Waals surface area (Å²) in [5.74, 6) is 0.700. The third-order valence-electron chi connectivity index (χ3n) is 4.32. The van der Waals surface area contributed by atoms with E-state index in [9.17, 15) is 4.39 Å². The van der Waals surface area contributed by atoms with E-state index in [4.69, 9.17) is 0 Å². The maximum atomic E-state index is 13.5. The number of halogens is 1. The average molecular weight is 262 g/mol. The van der Waals surface area contributed by atoms with Crippen LogP contribution in [0.15, 0.2) is 18.2 Å². The van der Waals surface area contributed by atoms with Gasteiger partial charge in [0.25, 0.3) is 0 Å². The zero-order chi connectivity index (χ0) is 13.2. The summed E-state index contributed by atoms with van der Waals surface area (Å²) >= 11 is 0. The Bertz CT molecular complexity index is 434. The van der Waals surface area contributed by atoms with Crippen molar-refractivity contribution < 1.29 is 4.39 Å². The molecule has 1 aromatic carbocycles. The maximum absolute atomic E-state index is 13.5. The highest BCUT2D eigenvalue weighted by Crippen LogP contribution is 2.28. The van der Waals surface area contributed by atoms with Gasteiger partial charge in [0.05, 0.1) is 0 Å². The van der Waals surface area contributed by atoms with E-state index >= 15 is 0 Å². The van der Waals surface area contributed by atoms with Crippen molar-refractivity contribution in [2.24, 2.45) is 5.92 Å². The van der Waals surface area contributed by atoms with Crippen molar-refractivity contribution in [2.75, 3.05) is 18.0 Å². The summed E-state index contributed by atoms with van der Waals surface area (Å²) < 4.78 is 13.5. The van der Waals surface area contributed by atoms with E-state index in [0.717, 1.165) is 31.1 Å². The van der Waals surface area contributed by atoms with Gasteiger partial charge in [-0.25, -0.2) is 4.39 Å². The lowest BCUT2D eigenvalue weighted by atomic mass is 9.98. The summed E-state index contributed by atoms with van der Waals surface area (Å²) in [7, 11) is 0. The van der Waals surface area contributed by atoms with Crippen molar-refractivity contribution in [3.8, 4) is 0 Å². The normalized spacial score (nSPS) is 20.8. The predicted molar refractivity (Wildman–Crippen MR) is 76.9 cm³/mol. The fourth-order valence-corrected chi connectivity index (χ4v) is 2.80. The Labute approximate surface area is 115 Å². The first kappa shape index (κ1) is 12.9. The third kappa shape index (κ3) is 3.27. The van der Waals surface area contributed by atoms with E-state index in [2.05, 4.69) is 17.1 Å². The van der Waals surface area contributed by atoms with Gasteiger partial charge >= 0.3 is 0 Å². The molecule has 2 fully saturated rings. The first-order valence-corrected chi connectivity index (χ1v) is 7.49. The fourth-order valence-electron chi connectivity index (χ4n) is 2.80. The lowest BCUT2D eigenvalue weighted by molar-refractivity contribution is 0.437. The van der Waals surface area contributed by atoms with Gasteiger partial charge in [-0.3, -0.25) is 0 Å². The lowest BCUT2D eigenvalue weighted by Gasteiger charge is -2.33. The van der Waals surface area contributed by atoms with Gasteiger partial charge in [0.15, 0.2) is 0 Å². The molecule has 19 heavy (non-hydrogen) atoms. The van der Waals surface area contributed by atoms with Crippen LogP contribution in [0.5, 0.6) is 0 Å². The average Bonchev–Trinajstić information content (AvgIpc) is 3.22. The Balaban J connectivity index is 1.74. The minimum Gasteiger partial charge on any atom is -0.371 e. The summed E-state index contributed by atoms with van der Waals surface area (Å²) in [4.78, 5) is 2.42. The quantitative estimate of drug-likeness (QED) is 0.895. The van der Waals surface area contributed by atoms with Gasteiger partial charge in [-0.05, 0) is 55.4 Å². The Morgan fingerprint density at radius 1 is 1.21 bits per heavy atom. The molecule has 2 nitrogen and oxygen atoms in total. The molecule has 1 saturated carbocycles. The zero-order valence-electron chi connectivity index (χ0n) is 11.7. The van der Waals surface area contributed by atoms with Crippen molar-refractivity contribution in [1.82, 2.24) is 5.32 Å². The van der Waals surface area contributed by atoms with Crippen molar-refractivity contribution in [2.45, 2.75) is 45.2 Å². The third-order valence-corrected chi connectivity index (χ3v) is 4.32. The second-order valence-electron chi connectivity index (χ2n) is 6.10. The van der Waals surface area contributed by atoms with Crippen molar-refractivity contribution in [1.29, 1.82) is 0 Å². The van der Waals surface area contributed by atoms with Crippen LogP contribution in [0.3, 0.4) is 0 Å². The SMILES string of the molecule is CC1CCN(c2ccc(F)cc2CNC2CC2)CC1. The van der Waals surface area contributed by atoms with Crippen molar-refractivity contribution in [3.05, 3.63) is 29.6 Å². The highest BCUT2D eigenvalue weighted by Gasteiger charge is 2.22. The Hall–Kier alpha value is -1.09. The number of benzene rings is 1. The number of anilines is 1. The fraction of sp³-hybridized carbons (Fsp3) is 0.625. The summed E-state index contributed by atoms with van der Waals surface area (Å²) in [6.07, 6.45) is 5.03. The van der Waals surface area contributed by atoms with Crippen LogP contribution < -0.4 is 10.2 Å². The van der Waals surface area contributed by atoms with E-state index in [-0.39, 0.29) is 5.82 Å². The second kappa shape index (κ2) is 5.49. The highest BCUT2D eigenvalue weighted by atomic mass is 19.1. The van der Waals surface area contributed by atoms with E-state index in [1.165, 1.54) is 31.4 Å². The first-order valence-electron chi connectivity index (χ1n) is 7.49. The smallest absolute Gasteiger partial charge is 0.123 e. The van der Waals surface area contributed by atoms with Crippen LogP contribution in [0.1, 0.15) is 38.2 Å². The Morgan fingerprint density at radius 3 is 2.63 bits per heavy atom. The molecular formula is C16H23FN2. The molecule has 0 amide bonds. The van der Waals surface area contributed by atoms with Crippen LogP contribution in [0.2, 0.25) is 0 Å². The van der Waals surface area contributed by atoms with Crippen molar-refractivity contribution >= 4 is 5.69 Å². The van der Waals surface area contributed by atoms with Crippen molar-refractivity contribution in [3.63, 3.8) is 0 Å². The molecule has 3 rings (SSSR count). The number of hydrogen-bond acceptors (Lipinski definition) is 2. The molecule has 0 spiro atoms. The summed E-state index contributed by atoms with van der Waals surface area (Å²) in [5, 5.41) is 3.50. The van der Waals surface area contributed by atoms with Crippen LogP contribution in [-0.2, 0) is 6.54 Å². The molecule has 1 aliphatic heterocycles. The molecule has 0 unspecified atom stereocenters. The highest BCUT2D eigenvalue weighted by molar-refractivity contribution is 5.54. The van der Waals surface area contributed by atoms with Gasteiger partial charge in [0.2, 0.25) is 0 Å². The Morgan fingerprint density at radius 2 is 1.95 bits per heavy atom. The number of hydrogen-bond donors (Lipinski definition) is 1. The van der Waals surface area contributed by atoms with E-state index in [1.807, 2.05) is 6.07 Å². The van der Waals surface area contributed by atoms with Gasteiger partial charge in [0, 0.05) is 31.4 Å². The van der Waals surface area contributed by atoms with Crippen LogP contribution >= 0.6 is 0 Å². The molecule has 1 aliphatic carbocycles. The van der Waals surface area contributed by atoms with E-state index in [0.29, 0.717) is 6.04 Å². The zero-order valence-corrected chi connectivity index (χ0v) is 11.7. The predicted octanol–water partition coefficient (Wildman–Crippen LogP) is 3.31. The molecule has 2 aliphatic rings. The largest absolute Gasteiger partial charge is 0.371 e. The van der Waals surface area contributed by atoms with E-state index in [1.54, 1.807) is 12.1 Å². The van der Waals surface area contributed by atoms with Gasteiger partial charge in [0.1, 0.15) is 5.82 Å². The molecule has 0 aromatic heterocycles. The molecule has 1 saturated heterocycles. The summed E-state index contributed by atoms with van der Waals surface area (Å²) in [6, 6.07) is 5.91. The molecule has 1 N–H and O–H groups in total. The van der Waals surface area contributed by atoms with Crippen LogP contribution in [0.25, 0.3) is 0 Å². The summed E-state index contributed by atoms with van der Waals surface area (Å²) in [6.45, 7) is 5.31. The second-order valence-corrected chi connectivity index (χ2v) is 6.10. The molecule has 1 aromatic rings. The molecular weight excluding hydrogens is 239 g/mol. The van der Waals surface area contributed by atoms with Gasteiger partial charge < -0.3 is 10.2 Å². The van der Waals surface area contributed by atoms with Gasteiger partial charge in [-0.15, -0.1) is 0 Å². The topological polar surface area (TPSA) is 15.3 Å². The molecule has 104 valence electrons. The molecule has 1 heterocycles. The summed E-state index contributed by atoms with van der Waals surface area (Å²) in [5.41, 5.74) is 2.34. The minimum absolute atomic E-state index is 0.123. The van der Waals surface area contributed by atoms with Crippen LogP contribution in [-0.4, -0.2) is 19.1 Å². The minimum atomic E-state index is -0.123. The molecule has 0 bridgehead atoms. The molecule has 0 radical (unpaired) electrons.